The average Bonchev–Trinajstić information content (AvgIpc) is 3.11. The van der Waals surface area contributed by atoms with E-state index in [1.54, 1.807) is 26.2 Å². The SMILES string of the molecule is CCCS(=O)(=O)Cc1nc(OC2CCCC2)nc(-c2cc(C)c(=O)n(C)c2)n1. The topological polar surface area (TPSA) is 104 Å². The first-order chi connectivity index (χ1) is 13.3. The number of rotatable bonds is 7. The lowest BCUT2D eigenvalue weighted by atomic mass is 10.2. The van der Waals surface area contributed by atoms with Gasteiger partial charge in [-0.25, -0.2) is 13.4 Å². The van der Waals surface area contributed by atoms with Crippen molar-refractivity contribution in [2.75, 3.05) is 5.75 Å². The van der Waals surface area contributed by atoms with Crippen molar-refractivity contribution in [2.45, 2.75) is 57.8 Å². The van der Waals surface area contributed by atoms with Gasteiger partial charge in [0.1, 0.15) is 11.9 Å². The Bertz CT molecular complexity index is 985. The molecule has 1 aliphatic rings. The maximum absolute atomic E-state index is 12.3. The van der Waals surface area contributed by atoms with Gasteiger partial charge in [-0.15, -0.1) is 0 Å². The summed E-state index contributed by atoms with van der Waals surface area (Å²) in [4.78, 5) is 25.0. The average molecular weight is 407 g/mol. The van der Waals surface area contributed by atoms with E-state index < -0.39 is 9.84 Å². The van der Waals surface area contributed by atoms with E-state index in [4.69, 9.17) is 4.74 Å². The van der Waals surface area contributed by atoms with Crippen molar-refractivity contribution in [1.29, 1.82) is 0 Å². The minimum atomic E-state index is -3.31. The molecular weight excluding hydrogens is 380 g/mol. The summed E-state index contributed by atoms with van der Waals surface area (Å²) in [5.41, 5.74) is 1.07. The summed E-state index contributed by atoms with van der Waals surface area (Å²) in [5.74, 6) is 0.287. The third kappa shape index (κ3) is 4.95. The highest BCUT2D eigenvalue weighted by molar-refractivity contribution is 7.90. The molecule has 0 N–H and O–H groups in total. The Hall–Kier alpha value is -2.29. The summed E-state index contributed by atoms with van der Waals surface area (Å²) < 4.78 is 31.9. The van der Waals surface area contributed by atoms with Crippen LogP contribution >= 0.6 is 0 Å². The molecule has 0 aliphatic heterocycles. The molecule has 0 aromatic carbocycles. The molecule has 28 heavy (non-hydrogen) atoms. The van der Waals surface area contributed by atoms with Crippen LogP contribution in [0.4, 0.5) is 0 Å². The van der Waals surface area contributed by atoms with Gasteiger partial charge in [0, 0.05) is 24.4 Å². The van der Waals surface area contributed by atoms with Crippen LogP contribution < -0.4 is 10.3 Å². The van der Waals surface area contributed by atoms with Crippen molar-refractivity contribution in [3.8, 4) is 17.4 Å². The lowest BCUT2D eigenvalue weighted by Gasteiger charge is -2.13. The molecule has 0 atom stereocenters. The first kappa shape index (κ1) is 20.4. The standard InChI is InChI=1S/C19H26N4O4S/c1-4-9-28(25,26)12-16-20-17(14-10-13(2)18(24)23(3)11-14)22-19(21-16)27-15-7-5-6-8-15/h10-11,15H,4-9,12H2,1-3H3. The summed E-state index contributed by atoms with van der Waals surface area (Å²) >= 11 is 0. The second-order valence-corrected chi connectivity index (χ2v) is 9.49. The van der Waals surface area contributed by atoms with Crippen LogP contribution in [0.1, 0.15) is 50.4 Å². The molecule has 8 nitrogen and oxygen atoms in total. The Morgan fingerprint density at radius 2 is 1.93 bits per heavy atom. The second-order valence-electron chi connectivity index (χ2n) is 7.30. The van der Waals surface area contributed by atoms with Gasteiger partial charge in [-0.1, -0.05) is 6.92 Å². The predicted octanol–water partition coefficient (Wildman–Crippen LogP) is 2.19. The first-order valence-corrected chi connectivity index (χ1v) is 11.4. The molecule has 9 heteroatoms. The van der Waals surface area contributed by atoms with Crippen LogP contribution in [-0.4, -0.2) is 39.8 Å². The summed E-state index contributed by atoms with van der Waals surface area (Å²) in [6.07, 6.45) is 6.27. The van der Waals surface area contributed by atoms with E-state index in [-0.39, 0.29) is 35.0 Å². The fourth-order valence-electron chi connectivity index (χ4n) is 3.38. The Morgan fingerprint density at radius 1 is 1.21 bits per heavy atom. The van der Waals surface area contributed by atoms with Gasteiger partial charge in [0.15, 0.2) is 21.5 Å². The number of hydrogen-bond donors (Lipinski definition) is 0. The molecule has 0 amide bonds. The zero-order chi connectivity index (χ0) is 20.3. The van der Waals surface area contributed by atoms with E-state index in [0.29, 0.717) is 23.4 Å². The van der Waals surface area contributed by atoms with Gasteiger partial charge in [-0.05, 0) is 45.1 Å². The van der Waals surface area contributed by atoms with Crippen LogP contribution in [0.25, 0.3) is 11.4 Å². The van der Waals surface area contributed by atoms with Gasteiger partial charge < -0.3 is 9.30 Å². The molecule has 0 unspecified atom stereocenters. The number of pyridine rings is 1. The Balaban J connectivity index is 2.02. The number of aryl methyl sites for hydroxylation is 2. The largest absolute Gasteiger partial charge is 0.460 e. The fraction of sp³-hybridized carbons (Fsp3) is 0.579. The minimum Gasteiger partial charge on any atom is -0.460 e. The highest BCUT2D eigenvalue weighted by Crippen LogP contribution is 2.24. The lowest BCUT2D eigenvalue weighted by Crippen LogP contribution is -2.19. The minimum absolute atomic E-state index is 0.0391. The van der Waals surface area contributed by atoms with Crippen LogP contribution in [0.5, 0.6) is 6.01 Å². The number of ether oxygens (including phenoxy) is 1. The Kier molecular flexibility index (Phi) is 6.12. The monoisotopic (exact) mass is 406 g/mol. The van der Waals surface area contributed by atoms with Crippen molar-refractivity contribution >= 4 is 9.84 Å². The number of hydrogen-bond acceptors (Lipinski definition) is 7. The fourth-order valence-corrected chi connectivity index (χ4v) is 4.67. The van der Waals surface area contributed by atoms with E-state index in [1.807, 2.05) is 6.92 Å². The van der Waals surface area contributed by atoms with Crippen LogP contribution in [0.2, 0.25) is 0 Å². The summed E-state index contributed by atoms with van der Waals surface area (Å²) in [6.45, 7) is 3.54. The first-order valence-electron chi connectivity index (χ1n) is 9.57. The molecule has 2 aromatic rings. The summed E-state index contributed by atoms with van der Waals surface area (Å²) in [5, 5.41) is 0. The van der Waals surface area contributed by atoms with E-state index in [1.165, 1.54) is 4.57 Å². The van der Waals surface area contributed by atoms with E-state index in [0.717, 1.165) is 25.7 Å². The second kappa shape index (κ2) is 8.38. The normalized spacial score (nSPS) is 15.1. The van der Waals surface area contributed by atoms with Crippen LogP contribution in [-0.2, 0) is 22.6 Å². The summed E-state index contributed by atoms with van der Waals surface area (Å²) in [7, 11) is -1.66. The Labute approximate surface area is 164 Å². The zero-order valence-corrected chi connectivity index (χ0v) is 17.3. The maximum atomic E-state index is 12.3. The summed E-state index contributed by atoms with van der Waals surface area (Å²) in [6, 6.07) is 1.84. The van der Waals surface area contributed by atoms with Gasteiger partial charge in [0.25, 0.3) is 5.56 Å². The van der Waals surface area contributed by atoms with E-state index in [2.05, 4.69) is 15.0 Å². The van der Waals surface area contributed by atoms with Crippen molar-refractivity contribution in [2.24, 2.45) is 7.05 Å². The van der Waals surface area contributed by atoms with Crippen molar-refractivity contribution in [1.82, 2.24) is 19.5 Å². The molecule has 0 saturated heterocycles. The molecule has 2 aromatic heterocycles. The van der Waals surface area contributed by atoms with Crippen molar-refractivity contribution in [3.63, 3.8) is 0 Å². The molecule has 1 saturated carbocycles. The van der Waals surface area contributed by atoms with E-state index in [9.17, 15) is 13.2 Å². The van der Waals surface area contributed by atoms with Crippen molar-refractivity contribution in [3.05, 3.63) is 34.0 Å². The highest BCUT2D eigenvalue weighted by Gasteiger charge is 2.21. The van der Waals surface area contributed by atoms with Gasteiger partial charge >= 0.3 is 6.01 Å². The maximum Gasteiger partial charge on any atom is 0.320 e. The number of aromatic nitrogens is 4. The van der Waals surface area contributed by atoms with Gasteiger partial charge in [0.05, 0.1) is 5.75 Å². The quantitative estimate of drug-likeness (QED) is 0.694. The van der Waals surface area contributed by atoms with Crippen LogP contribution in [0.15, 0.2) is 17.1 Å². The van der Waals surface area contributed by atoms with E-state index >= 15 is 0 Å². The molecule has 3 rings (SSSR count). The third-order valence-electron chi connectivity index (χ3n) is 4.72. The lowest BCUT2D eigenvalue weighted by molar-refractivity contribution is 0.191. The third-order valence-corrected chi connectivity index (χ3v) is 6.45. The molecule has 152 valence electrons. The molecule has 1 fully saturated rings. The van der Waals surface area contributed by atoms with Gasteiger partial charge in [0.2, 0.25) is 0 Å². The van der Waals surface area contributed by atoms with Crippen LogP contribution in [0.3, 0.4) is 0 Å². The molecule has 0 radical (unpaired) electrons. The number of nitrogens with zero attached hydrogens (tertiary/aromatic N) is 4. The Morgan fingerprint density at radius 3 is 2.57 bits per heavy atom. The smallest absolute Gasteiger partial charge is 0.320 e. The van der Waals surface area contributed by atoms with Gasteiger partial charge in [-0.2, -0.15) is 9.97 Å². The number of sulfone groups is 1. The van der Waals surface area contributed by atoms with Crippen molar-refractivity contribution < 1.29 is 13.2 Å². The highest BCUT2D eigenvalue weighted by atomic mass is 32.2. The van der Waals surface area contributed by atoms with Gasteiger partial charge in [-0.3, -0.25) is 4.79 Å². The molecule has 2 heterocycles. The predicted molar refractivity (Wildman–Crippen MR) is 106 cm³/mol. The molecule has 0 bridgehead atoms. The molecular formula is C19H26N4O4S. The van der Waals surface area contributed by atoms with Crippen LogP contribution in [0, 0.1) is 6.92 Å². The zero-order valence-electron chi connectivity index (χ0n) is 16.5. The molecule has 0 spiro atoms. The molecule has 1 aliphatic carbocycles.